The minimum Gasteiger partial charge on any atom is -0.462 e. The van der Waals surface area contributed by atoms with Crippen molar-refractivity contribution < 1.29 is 23.8 Å². The normalized spacial score (nSPS) is 13.0. The molecule has 0 aliphatic heterocycles. The number of rotatable bonds is 51. The molecular weight excluding hydrogens is 837 g/mol. The maximum Gasteiger partial charge on any atom is 0.306 e. The number of unbranched alkanes of at least 4 members (excludes halogenated alkanes) is 22. The zero-order chi connectivity index (χ0) is 49.2. The first kappa shape index (κ1) is 64.6. The Labute approximate surface area is 421 Å². The molecule has 0 N–H and O–H groups in total. The highest BCUT2D eigenvalue weighted by atomic mass is 16.6. The fourth-order valence-electron chi connectivity index (χ4n) is 7.60. The Morgan fingerprint density at radius 3 is 1.06 bits per heavy atom. The van der Waals surface area contributed by atoms with Crippen LogP contribution < -0.4 is 0 Å². The first-order valence-corrected chi connectivity index (χ1v) is 28.4. The molecule has 0 heterocycles. The van der Waals surface area contributed by atoms with Crippen molar-refractivity contribution in [2.24, 2.45) is 0 Å². The van der Waals surface area contributed by atoms with Gasteiger partial charge in [-0.3, -0.25) is 9.59 Å². The molecule has 0 radical (unpaired) electrons. The van der Waals surface area contributed by atoms with Crippen molar-refractivity contribution in [3.05, 3.63) is 109 Å². The predicted molar refractivity (Wildman–Crippen MR) is 297 cm³/mol. The van der Waals surface area contributed by atoms with Gasteiger partial charge >= 0.3 is 11.9 Å². The quantitative estimate of drug-likeness (QED) is 0.0345. The summed E-state index contributed by atoms with van der Waals surface area (Å²) in [5, 5.41) is 0. The summed E-state index contributed by atoms with van der Waals surface area (Å²) in [6, 6.07) is 0. The van der Waals surface area contributed by atoms with Crippen molar-refractivity contribution in [1.29, 1.82) is 0 Å². The Balaban J connectivity index is 4.35. The summed E-state index contributed by atoms with van der Waals surface area (Å²) in [5.74, 6) is -0.434. The zero-order valence-corrected chi connectivity index (χ0v) is 44.6. The van der Waals surface area contributed by atoms with Crippen LogP contribution in [0.4, 0.5) is 0 Å². The lowest BCUT2D eigenvalue weighted by molar-refractivity contribution is -0.163. The van der Waals surface area contributed by atoms with Crippen molar-refractivity contribution in [2.75, 3.05) is 19.8 Å². The van der Waals surface area contributed by atoms with E-state index in [2.05, 4.69) is 130 Å². The fraction of sp³-hybridized carbons (Fsp3) is 0.683. The van der Waals surface area contributed by atoms with E-state index in [1.807, 2.05) is 0 Å². The predicted octanol–water partition coefficient (Wildman–Crippen LogP) is 19.6. The van der Waals surface area contributed by atoms with Crippen molar-refractivity contribution >= 4 is 11.9 Å². The monoisotopic (exact) mass is 943 g/mol. The molecule has 68 heavy (non-hydrogen) atoms. The minimum absolute atomic E-state index is 0.0633. The van der Waals surface area contributed by atoms with Gasteiger partial charge in [0.2, 0.25) is 0 Å². The first-order chi connectivity index (χ1) is 33.6. The van der Waals surface area contributed by atoms with Crippen molar-refractivity contribution in [1.82, 2.24) is 0 Å². The second kappa shape index (κ2) is 57.9. The second-order valence-corrected chi connectivity index (χ2v) is 18.4. The number of carbonyl (C=O) groups excluding carboxylic acids is 2. The van der Waals surface area contributed by atoms with E-state index in [0.29, 0.717) is 19.4 Å². The van der Waals surface area contributed by atoms with Crippen LogP contribution in [0.25, 0.3) is 0 Å². The lowest BCUT2D eigenvalue weighted by atomic mass is 10.1. The van der Waals surface area contributed by atoms with Crippen LogP contribution in [0, 0.1) is 0 Å². The van der Waals surface area contributed by atoms with Crippen LogP contribution in [0.15, 0.2) is 109 Å². The van der Waals surface area contributed by atoms with Crippen molar-refractivity contribution in [3.8, 4) is 0 Å². The van der Waals surface area contributed by atoms with Crippen LogP contribution in [-0.4, -0.2) is 37.9 Å². The van der Waals surface area contributed by atoms with Gasteiger partial charge in [0.1, 0.15) is 6.61 Å². The highest BCUT2D eigenvalue weighted by Crippen LogP contribution is 2.14. The molecule has 0 aliphatic carbocycles. The van der Waals surface area contributed by atoms with Crippen LogP contribution >= 0.6 is 0 Å². The van der Waals surface area contributed by atoms with E-state index in [0.717, 1.165) is 116 Å². The Hall–Kier alpha value is -3.44. The van der Waals surface area contributed by atoms with E-state index in [-0.39, 0.29) is 25.2 Å². The van der Waals surface area contributed by atoms with Gasteiger partial charge in [0.15, 0.2) is 6.10 Å². The molecule has 0 aromatic carbocycles. The molecule has 0 fully saturated rings. The molecule has 0 amide bonds. The molecule has 0 aromatic heterocycles. The summed E-state index contributed by atoms with van der Waals surface area (Å²) in [6.45, 7) is 7.54. The van der Waals surface area contributed by atoms with Gasteiger partial charge in [0.05, 0.1) is 6.61 Å². The molecule has 5 heteroatoms. The molecule has 5 nitrogen and oxygen atoms in total. The van der Waals surface area contributed by atoms with Crippen LogP contribution in [0.3, 0.4) is 0 Å². The molecule has 1 atom stereocenters. The third kappa shape index (κ3) is 55.2. The molecule has 388 valence electrons. The second-order valence-electron chi connectivity index (χ2n) is 18.4. The van der Waals surface area contributed by atoms with Crippen LogP contribution in [0.1, 0.15) is 252 Å². The molecule has 0 aliphatic rings. The first-order valence-electron chi connectivity index (χ1n) is 28.4. The van der Waals surface area contributed by atoms with Gasteiger partial charge < -0.3 is 14.2 Å². The van der Waals surface area contributed by atoms with E-state index in [1.54, 1.807) is 0 Å². The summed E-state index contributed by atoms with van der Waals surface area (Å²) in [4.78, 5) is 25.5. The third-order valence-corrected chi connectivity index (χ3v) is 11.8. The smallest absolute Gasteiger partial charge is 0.306 e. The fourth-order valence-corrected chi connectivity index (χ4v) is 7.60. The lowest BCUT2D eigenvalue weighted by Crippen LogP contribution is -2.30. The summed E-state index contributed by atoms with van der Waals surface area (Å²) in [5.41, 5.74) is 0. The van der Waals surface area contributed by atoms with E-state index in [4.69, 9.17) is 14.2 Å². The van der Waals surface area contributed by atoms with E-state index < -0.39 is 6.10 Å². The Kier molecular flexibility index (Phi) is 54.9. The highest BCUT2D eigenvalue weighted by molar-refractivity contribution is 5.70. The van der Waals surface area contributed by atoms with Gasteiger partial charge in [-0.1, -0.05) is 226 Å². The van der Waals surface area contributed by atoms with Crippen LogP contribution in [0.2, 0.25) is 0 Å². The van der Waals surface area contributed by atoms with Crippen molar-refractivity contribution in [3.63, 3.8) is 0 Å². The summed E-state index contributed by atoms with van der Waals surface area (Å²) in [7, 11) is 0. The standard InChI is InChI=1S/C63H106O5/c1-4-7-10-13-16-19-22-25-28-30-32-33-36-38-41-44-47-50-53-56-62(64)67-60-61(68-63(65)57-54-51-48-45-42-39-35-27-24-21-18-15-12-9-6-3)59-66-58-55-52-49-46-43-40-37-34-31-29-26-23-20-17-14-11-8-5-2/h7-8,10-11,16-21,25-29,32-33,35,61H,4-6,9,12-15,22-24,30-31,34,36-60H2,1-3H3/b10-7-,11-8-,19-16-,20-17-,21-18-,28-25-,29-26-,33-32-,35-27-. The molecule has 0 saturated heterocycles. The lowest BCUT2D eigenvalue weighted by Gasteiger charge is -2.18. The number of ether oxygens (including phenoxy) is 3. The van der Waals surface area contributed by atoms with E-state index in [1.165, 1.54) is 103 Å². The Morgan fingerprint density at radius 1 is 0.338 bits per heavy atom. The zero-order valence-electron chi connectivity index (χ0n) is 44.6. The summed E-state index contributed by atoms with van der Waals surface area (Å²) >= 11 is 0. The summed E-state index contributed by atoms with van der Waals surface area (Å²) < 4.78 is 17.5. The Morgan fingerprint density at radius 2 is 0.662 bits per heavy atom. The van der Waals surface area contributed by atoms with E-state index in [9.17, 15) is 9.59 Å². The van der Waals surface area contributed by atoms with Gasteiger partial charge in [-0.25, -0.2) is 0 Å². The average molecular weight is 944 g/mol. The number of allylic oxidation sites excluding steroid dienone is 18. The third-order valence-electron chi connectivity index (χ3n) is 11.8. The molecular formula is C63H106O5. The topological polar surface area (TPSA) is 61.8 Å². The minimum atomic E-state index is -0.561. The van der Waals surface area contributed by atoms with Crippen LogP contribution in [0.5, 0.6) is 0 Å². The van der Waals surface area contributed by atoms with Gasteiger partial charge in [-0.15, -0.1) is 0 Å². The number of carbonyl (C=O) groups is 2. The summed E-state index contributed by atoms with van der Waals surface area (Å²) in [6.07, 6.45) is 79.6. The molecule has 0 aromatic rings. The maximum absolute atomic E-state index is 12.9. The molecule has 0 spiro atoms. The van der Waals surface area contributed by atoms with Gasteiger partial charge in [-0.2, -0.15) is 0 Å². The molecule has 1 unspecified atom stereocenters. The highest BCUT2D eigenvalue weighted by Gasteiger charge is 2.17. The van der Waals surface area contributed by atoms with Crippen molar-refractivity contribution in [2.45, 2.75) is 258 Å². The molecule has 0 saturated carbocycles. The van der Waals surface area contributed by atoms with Crippen LogP contribution in [-0.2, 0) is 23.8 Å². The van der Waals surface area contributed by atoms with E-state index >= 15 is 0 Å². The van der Waals surface area contributed by atoms with Gasteiger partial charge in [0.25, 0.3) is 0 Å². The average Bonchev–Trinajstić information content (AvgIpc) is 3.34. The number of hydrogen-bond acceptors (Lipinski definition) is 5. The largest absolute Gasteiger partial charge is 0.462 e. The van der Waals surface area contributed by atoms with Gasteiger partial charge in [-0.05, 0) is 122 Å². The maximum atomic E-state index is 12.9. The van der Waals surface area contributed by atoms with Gasteiger partial charge in [0, 0.05) is 19.4 Å². The Bertz CT molecular complexity index is 1340. The number of hydrogen-bond donors (Lipinski definition) is 0. The molecule has 0 rings (SSSR count). The molecule has 0 bridgehead atoms. The number of esters is 2. The SMILES string of the molecule is CC/C=C\C/C=C\C/C=C\C/C=C\CCCCCCCCC(=O)OCC(COCCCCCCCCCC/C=C\C/C=C\C/C=C\CC)OC(=O)CCCCCCC/C=C\C/C=C\CCCCC.